The molecule has 1 aliphatic rings. The second kappa shape index (κ2) is 4.78. The Morgan fingerprint density at radius 3 is 2.82 bits per heavy atom. The number of fused-ring (bicyclic) bond motifs is 1. The Balaban J connectivity index is 2.32. The van der Waals surface area contributed by atoms with Crippen molar-refractivity contribution in [2.24, 2.45) is 5.92 Å². The second-order valence-corrected chi connectivity index (χ2v) is 4.75. The fourth-order valence-corrected chi connectivity index (χ4v) is 2.21. The number of amides is 1. The van der Waals surface area contributed by atoms with Gasteiger partial charge in [-0.25, -0.2) is 0 Å². The Hall–Kier alpha value is -1.51. The summed E-state index contributed by atoms with van der Waals surface area (Å²) in [5, 5.41) is 0. The van der Waals surface area contributed by atoms with E-state index in [4.69, 9.17) is 4.74 Å². The molecule has 0 aliphatic carbocycles. The molecule has 0 radical (unpaired) electrons. The van der Waals surface area contributed by atoms with Crippen molar-refractivity contribution in [3.63, 3.8) is 0 Å². The summed E-state index contributed by atoms with van der Waals surface area (Å²) in [6.07, 6.45) is 0. The molecule has 0 spiro atoms. The lowest BCUT2D eigenvalue weighted by atomic mass is 10.0. The quantitative estimate of drug-likeness (QED) is 0.746. The topological polar surface area (TPSA) is 29.5 Å². The molecule has 0 aromatic heterocycles. The zero-order chi connectivity index (χ0) is 12.4. The fraction of sp³-hybridized carbons (Fsp3) is 0.500. The average molecular weight is 233 g/mol. The highest BCUT2D eigenvalue weighted by Gasteiger charge is 2.27. The highest BCUT2D eigenvalue weighted by atomic mass is 16.5. The van der Waals surface area contributed by atoms with Gasteiger partial charge in [0.1, 0.15) is 12.4 Å². The van der Waals surface area contributed by atoms with E-state index in [2.05, 4.69) is 6.92 Å². The predicted octanol–water partition coefficient (Wildman–Crippen LogP) is 2.62. The molecule has 3 nitrogen and oxygen atoms in total. The van der Waals surface area contributed by atoms with E-state index in [0.29, 0.717) is 13.2 Å². The normalized spacial score (nSPS) is 19.5. The highest BCUT2D eigenvalue weighted by Crippen LogP contribution is 2.32. The third-order valence-corrected chi connectivity index (χ3v) is 3.20. The van der Waals surface area contributed by atoms with E-state index in [1.54, 1.807) is 0 Å². The molecule has 1 amide bonds. The Bertz CT molecular complexity index is 414. The van der Waals surface area contributed by atoms with Gasteiger partial charge in [0.15, 0.2) is 0 Å². The molecule has 3 heteroatoms. The van der Waals surface area contributed by atoms with Crippen LogP contribution in [0.4, 0.5) is 0 Å². The lowest BCUT2D eigenvalue weighted by Crippen LogP contribution is -2.37. The maximum atomic E-state index is 12.1. The summed E-state index contributed by atoms with van der Waals surface area (Å²) in [6.45, 7) is 7.17. The summed E-state index contributed by atoms with van der Waals surface area (Å²) in [5.74, 6) is 1.12. The van der Waals surface area contributed by atoms with Crippen molar-refractivity contribution in [2.75, 3.05) is 13.2 Å². The van der Waals surface area contributed by atoms with Gasteiger partial charge in [-0.05, 0) is 13.0 Å². The van der Waals surface area contributed by atoms with E-state index >= 15 is 0 Å². The van der Waals surface area contributed by atoms with Gasteiger partial charge < -0.3 is 9.64 Å². The van der Waals surface area contributed by atoms with Crippen LogP contribution in [0.5, 0.6) is 5.75 Å². The number of nitrogens with zero attached hydrogens (tertiary/aromatic N) is 1. The molecule has 2 rings (SSSR count). The largest absolute Gasteiger partial charge is 0.491 e. The highest BCUT2D eigenvalue weighted by molar-refractivity contribution is 5.78. The Morgan fingerprint density at radius 2 is 2.12 bits per heavy atom. The van der Waals surface area contributed by atoms with Crippen molar-refractivity contribution >= 4 is 5.91 Å². The number of hydrogen-bond donors (Lipinski definition) is 0. The van der Waals surface area contributed by atoms with E-state index < -0.39 is 0 Å². The predicted molar refractivity (Wildman–Crippen MR) is 66.9 cm³/mol. The lowest BCUT2D eigenvalue weighted by molar-refractivity contribution is -0.136. The third-order valence-electron chi connectivity index (χ3n) is 3.20. The van der Waals surface area contributed by atoms with Crippen LogP contribution in [0.3, 0.4) is 0 Å². The van der Waals surface area contributed by atoms with Crippen LogP contribution in [0, 0.1) is 5.92 Å². The lowest BCUT2D eigenvalue weighted by Gasteiger charge is -2.28. The third kappa shape index (κ3) is 2.28. The van der Waals surface area contributed by atoms with Gasteiger partial charge in [0.05, 0.1) is 12.6 Å². The summed E-state index contributed by atoms with van der Waals surface area (Å²) < 4.78 is 5.69. The van der Waals surface area contributed by atoms with Crippen molar-refractivity contribution in [1.29, 1.82) is 0 Å². The monoisotopic (exact) mass is 233 g/mol. The number of benzene rings is 1. The summed E-state index contributed by atoms with van der Waals surface area (Å²) in [7, 11) is 0. The maximum Gasteiger partial charge on any atom is 0.225 e. The van der Waals surface area contributed by atoms with Crippen molar-refractivity contribution in [2.45, 2.75) is 26.8 Å². The molecule has 1 atom stereocenters. The van der Waals surface area contributed by atoms with E-state index in [-0.39, 0.29) is 17.9 Å². The van der Waals surface area contributed by atoms with Gasteiger partial charge in [-0.1, -0.05) is 32.0 Å². The molecule has 1 aromatic rings. The second-order valence-electron chi connectivity index (χ2n) is 4.75. The van der Waals surface area contributed by atoms with E-state index in [1.807, 2.05) is 43.0 Å². The summed E-state index contributed by atoms with van der Waals surface area (Å²) in [5.41, 5.74) is 1.10. The summed E-state index contributed by atoms with van der Waals surface area (Å²) >= 11 is 0. The number of para-hydroxylation sites is 1. The molecule has 1 heterocycles. The van der Waals surface area contributed by atoms with Crippen molar-refractivity contribution in [3.8, 4) is 5.75 Å². The number of carbonyl (C=O) groups excluding carboxylic acids is 1. The Kier molecular flexibility index (Phi) is 3.36. The van der Waals surface area contributed by atoms with Gasteiger partial charge in [-0.15, -0.1) is 0 Å². The number of hydrogen-bond acceptors (Lipinski definition) is 2. The molecule has 1 aliphatic heterocycles. The van der Waals surface area contributed by atoms with Gasteiger partial charge in [-0.3, -0.25) is 4.79 Å². The maximum absolute atomic E-state index is 12.1. The molecular formula is C14H19NO2. The van der Waals surface area contributed by atoms with Gasteiger partial charge in [-0.2, -0.15) is 0 Å². The van der Waals surface area contributed by atoms with Gasteiger partial charge in [0.25, 0.3) is 0 Å². The molecule has 0 N–H and O–H groups in total. The number of ether oxygens (including phenoxy) is 1. The molecular weight excluding hydrogens is 214 g/mol. The summed E-state index contributed by atoms with van der Waals surface area (Å²) in [6, 6.07) is 8.04. The van der Waals surface area contributed by atoms with E-state index in [1.165, 1.54) is 0 Å². The smallest absolute Gasteiger partial charge is 0.225 e. The average Bonchev–Trinajstić information content (AvgIpc) is 2.48. The SMILES string of the molecule is CC(C)C(=O)N1CCOc2ccccc2C1C. The minimum atomic E-state index is 0.0303. The van der Waals surface area contributed by atoms with Crippen molar-refractivity contribution in [1.82, 2.24) is 4.90 Å². The first kappa shape index (κ1) is 12.0. The Labute approximate surface area is 102 Å². The first-order valence-corrected chi connectivity index (χ1v) is 6.13. The van der Waals surface area contributed by atoms with E-state index in [0.717, 1.165) is 11.3 Å². The first-order chi connectivity index (χ1) is 8.11. The van der Waals surface area contributed by atoms with E-state index in [9.17, 15) is 4.79 Å². The zero-order valence-electron chi connectivity index (χ0n) is 10.6. The number of rotatable bonds is 1. The molecule has 1 aromatic carbocycles. The number of carbonyl (C=O) groups is 1. The van der Waals surface area contributed by atoms with Crippen LogP contribution >= 0.6 is 0 Å². The Morgan fingerprint density at radius 1 is 1.41 bits per heavy atom. The summed E-state index contributed by atoms with van der Waals surface area (Å²) in [4.78, 5) is 14.1. The molecule has 92 valence electrons. The van der Waals surface area contributed by atoms with Crippen LogP contribution in [0.25, 0.3) is 0 Å². The minimum Gasteiger partial charge on any atom is -0.491 e. The van der Waals surface area contributed by atoms with Crippen LogP contribution in [0.15, 0.2) is 24.3 Å². The van der Waals surface area contributed by atoms with Crippen LogP contribution < -0.4 is 4.74 Å². The molecule has 0 saturated carbocycles. The molecule has 0 bridgehead atoms. The minimum absolute atomic E-state index is 0.0303. The van der Waals surface area contributed by atoms with Gasteiger partial charge in [0, 0.05) is 11.5 Å². The van der Waals surface area contributed by atoms with Crippen LogP contribution in [-0.2, 0) is 4.79 Å². The van der Waals surface area contributed by atoms with Crippen molar-refractivity contribution in [3.05, 3.63) is 29.8 Å². The first-order valence-electron chi connectivity index (χ1n) is 6.13. The van der Waals surface area contributed by atoms with Gasteiger partial charge >= 0.3 is 0 Å². The molecule has 0 fully saturated rings. The molecule has 17 heavy (non-hydrogen) atoms. The van der Waals surface area contributed by atoms with Crippen LogP contribution in [0.2, 0.25) is 0 Å². The van der Waals surface area contributed by atoms with Crippen LogP contribution in [0.1, 0.15) is 32.4 Å². The van der Waals surface area contributed by atoms with Gasteiger partial charge in [0.2, 0.25) is 5.91 Å². The molecule has 0 saturated heterocycles. The zero-order valence-corrected chi connectivity index (χ0v) is 10.6. The van der Waals surface area contributed by atoms with Crippen molar-refractivity contribution < 1.29 is 9.53 Å². The standard InChI is InChI=1S/C14H19NO2/c1-10(2)14(16)15-8-9-17-13-7-5-4-6-12(13)11(15)3/h4-7,10-11H,8-9H2,1-3H3. The molecule has 1 unspecified atom stereocenters. The fourth-order valence-electron chi connectivity index (χ4n) is 2.21. The van der Waals surface area contributed by atoms with Crippen LogP contribution in [-0.4, -0.2) is 24.0 Å².